The zero-order chi connectivity index (χ0) is 23.9. The third-order valence-electron chi connectivity index (χ3n) is 5.90. The molecule has 0 saturated carbocycles. The highest BCUT2D eigenvalue weighted by Gasteiger charge is 2.27. The number of thioether (sulfide) groups is 2. The number of carbonyl (C=O) groups is 1. The average molecular weight is 511 g/mol. The number of hydrogen-bond acceptors (Lipinski definition) is 3. The highest BCUT2D eigenvalue weighted by Crippen LogP contribution is 2.38. The first-order valence-electron chi connectivity index (χ1n) is 11.8. The van der Waals surface area contributed by atoms with Crippen LogP contribution in [0.3, 0.4) is 0 Å². The smallest absolute Gasteiger partial charge is 0.186 e. The summed E-state index contributed by atoms with van der Waals surface area (Å²) in [5.74, 6) is 2.33. The van der Waals surface area contributed by atoms with Gasteiger partial charge < -0.3 is 0 Å². The minimum atomic E-state index is -0.766. The molecule has 5 rings (SSSR count). The second kappa shape index (κ2) is 11.9. The average Bonchev–Trinajstić information content (AvgIpc) is 2.94. The lowest BCUT2D eigenvalue weighted by Crippen LogP contribution is -2.23. The van der Waals surface area contributed by atoms with Crippen LogP contribution in [0.2, 0.25) is 0 Å². The molecule has 4 aromatic rings. The van der Waals surface area contributed by atoms with Crippen molar-refractivity contribution >= 4 is 64.8 Å². The fraction of sp³-hybridized carbons (Fsp3) is 0.129. The number of hydrogen-bond donors (Lipinski definition) is 0. The van der Waals surface area contributed by atoms with Crippen LogP contribution in [0.5, 0.6) is 0 Å². The summed E-state index contributed by atoms with van der Waals surface area (Å²) in [7, 11) is -0.766. The maximum Gasteiger partial charge on any atom is 0.186 e. The predicted octanol–water partition coefficient (Wildman–Crippen LogP) is 6.75. The summed E-state index contributed by atoms with van der Waals surface area (Å²) in [6.07, 6.45) is 3.31. The van der Waals surface area contributed by atoms with Crippen molar-refractivity contribution < 1.29 is 4.79 Å². The Morgan fingerprint density at radius 2 is 1.20 bits per heavy atom. The number of carbonyl (C=O) groups excluding carboxylic acids is 1. The van der Waals surface area contributed by atoms with Gasteiger partial charge in [0.2, 0.25) is 0 Å². The van der Waals surface area contributed by atoms with Gasteiger partial charge in [0.1, 0.15) is 4.58 Å². The third-order valence-corrected chi connectivity index (χ3v) is 11.3. The van der Waals surface area contributed by atoms with Crippen LogP contribution in [-0.4, -0.2) is 21.9 Å². The van der Waals surface area contributed by atoms with Gasteiger partial charge in [-0.1, -0.05) is 115 Å². The first kappa shape index (κ1) is 24.1. The van der Waals surface area contributed by atoms with Crippen molar-refractivity contribution in [2.24, 2.45) is 0 Å². The van der Waals surface area contributed by atoms with Crippen molar-refractivity contribution in [3.63, 3.8) is 0 Å². The second-order valence-electron chi connectivity index (χ2n) is 8.28. The molecule has 0 spiro atoms. The van der Waals surface area contributed by atoms with E-state index in [1.165, 1.54) is 22.3 Å². The molecule has 1 fully saturated rings. The van der Waals surface area contributed by atoms with E-state index in [-0.39, 0.29) is 10.4 Å². The van der Waals surface area contributed by atoms with Crippen LogP contribution in [0.15, 0.2) is 115 Å². The molecular weight excluding hydrogens is 483 g/mol. The number of Topliss-reactive ketones (excluding diaryl/α,β-unsaturated/α-hetero) is 1. The lowest BCUT2D eigenvalue weighted by atomic mass is 9.99. The quantitative estimate of drug-likeness (QED) is 0.156. The third kappa shape index (κ3) is 5.81. The molecule has 4 heteroatoms. The summed E-state index contributed by atoms with van der Waals surface area (Å²) >= 11 is 3.57. The number of ketones is 1. The maximum atomic E-state index is 13.8. The lowest BCUT2D eigenvalue weighted by Gasteiger charge is -2.23. The van der Waals surface area contributed by atoms with Gasteiger partial charge in [0, 0.05) is 5.57 Å². The lowest BCUT2D eigenvalue weighted by molar-refractivity contribution is -0.112. The predicted molar refractivity (Wildman–Crippen MR) is 158 cm³/mol. The summed E-state index contributed by atoms with van der Waals surface area (Å²) in [5.41, 5.74) is 2.91. The van der Waals surface area contributed by atoms with Crippen LogP contribution in [-0.2, 0) is 4.79 Å². The van der Waals surface area contributed by atoms with Crippen molar-refractivity contribution in [2.45, 2.75) is 11.0 Å². The molecule has 0 aliphatic carbocycles. The van der Waals surface area contributed by atoms with Gasteiger partial charge in [-0.3, -0.25) is 4.79 Å². The van der Waals surface area contributed by atoms with Gasteiger partial charge >= 0.3 is 0 Å². The summed E-state index contributed by atoms with van der Waals surface area (Å²) in [6, 6.07) is 40.2. The molecule has 174 valence electrons. The van der Waals surface area contributed by atoms with E-state index in [2.05, 4.69) is 103 Å². The van der Waals surface area contributed by atoms with Gasteiger partial charge in [0.25, 0.3) is 0 Å². The number of benzene rings is 4. The zero-order valence-corrected chi connectivity index (χ0v) is 21.9. The molecule has 1 aliphatic heterocycles. The summed E-state index contributed by atoms with van der Waals surface area (Å²) in [4.78, 5) is 13.8. The molecule has 0 bridgehead atoms. The van der Waals surface area contributed by atoms with Gasteiger partial charge in [0.15, 0.2) is 5.78 Å². The Hall–Kier alpha value is -2.58. The second-order valence-corrected chi connectivity index (χ2v) is 13.2. The standard InChI is InChI=1S/C31H27OPS2/c32-30(31-34-21-12-22-35-31)28(24-13-4-1-5-14-24)23-25-15-10-11-20-29(25)33(26-16-6-2-7-17-26)27-18-8-3-9-19-27/h1-11,13-20,23,31H,12,21-22H2/b28-23+. The Morgan fingerprint density at radius 1 is 0.686 bits per heavy atom. The summed E-state index contributed by atoms with van der Waals surface area (Å²) < 4.78 is -0.0351. The van der Waals surface area contributed by atoms with Crippen molar-refractivity contribution in [1.82, 2.24) is 0 Å². The summed E-state index contributed by atoms with van der Waals surface area (Å²) in [5, 5.41) is 3.88. The van der Waals surface area contributed by atoms with E-state index >= 15 is 0 Å². The van der Waals surface area contributed by atoms with Crippen molar-refractivity contribution in [3.05, 3.63) is 126 Å². The largest absolute Gasteiger partial charge is 0.292 e. The zero-order valence-electron chi connectivity index (χ0n) is 19.4. The van der Waals surface area contributed by atoms with Crippen molar-refractivity contribution in [2.75, 3.05) is 11.5 Å². The van der Waals surface area contributed by atoms with Crippen LogP contribution in [0.1, 0.15) is 17.5 Å². The Kier molecular flexibility index (Phi) is 8.21. The van der Waals surface area contributed by atoms with E-state index < -0.39 is 7.92 Å². The minimum absolute atomic E-state index is 0.0351. The van der Waals surface area contributed by atoms with E-state index in [9.17, 15) is 4.79 Å². The van der Waals surface area contributed by atoms with Gasteiger partial charge in [-0.25, -0.2) is 0 Å². The van der Waals surface area contributed by atoms with Crippen LogP contribution in [0.4, 0.5) is 0 Å². The fourth-order valence-corrected chi connectivity index (χ4v) is 9.41. The number of allylic oxidation sites excluding steroid dienone is 1. The van der Waals surface area contributed by atoms with Gasteiger partial charge in [-0.05, 0) is 59.0 Å². The Bertz CT molecular complexity index is 1240. The van der Waals surface area contributed by atoms with E-state index in [0.717, 1.165) is 28.2 Å². The first-order valence-corrected chi connectivity index (χ1v) is 15.3. The SMILES string of the molecule is O=C(/C(=C/c1ccccc1P(c1ccccc1)c1ccccc1)c1ccccc1)C1SCCCS1. The van der Waals surface area contributed by atoms with Crippen molar-refractivity contribution in [3.8, 4) is 0 Å². The Labute approximate surface area is 217 Å². The highest BCUT2D eigenvalue weighted by molar-refractivity contribution is 8.18. The van der Waals surface area contributed by atoms with Crippen LogP contribution in [0, 0.1) is 0 Å². The molecule has 0 aromatic heterocycles. The molecule has 35 heavy (non-hydrogen) atoms. The fourth-order valence-electron chi connectivity index (χ4n) is 4.23. The normalized spacial score (nSPS) is 14.7. The molecule has 0 radical (unpaired) electrons. The summed E-state index contributed by atoms with van der Waals surface area (Å²) in [6.45, 7) is 0. The van der Waals surface area contributed by atoms with E-state index in [0.29, 0.717) is 0 Å². The van der Waals surface area contributed by atoms with E-state index in [4.69, 9.17) is 0 Å². The molecule has 0 N–H and O–H groups in total. The molecule has 4 aromatic carbocycles. The molecule has 1 saturated heterocycles. The number of rotatable bonds is 7. The molecular formula is C31H27OPS2. The van der Waals surface area contributed by atoms with Crippen molar-refractivity contribution in [1.29, 1.82) is 0 Å². The Morgan fingerprint density at radius 3 is 1.80 bits per heavy atom. The Balaban J connectivity index is 1.65. The maximum absolute atomic E-state index is 13.8. The molecule has 0 unspecified atom stereocenters. The molecule has 1 heterocycles. The van der Waals surface area contributed by atoms with Crippen LogP contribution >= 0.6 is 31.4 Å². The van der Waals surface area contributed by atoms with Crippen LogP contribution in [0.25, 0.3) is 11.6 Å². The molecule has 0 atom stereocenters. The minimum Gasteiger partial charge on any atom is -0.292 e. The van der Waals surface area contributed by atoms with Gasteiger partial charge in [-0.2, -0.15) is 0 Å². The first-order chi connectivity index (χ1) is 17.3. The van der Waals surface area contributed by atoms with Gasteiger partial charge in [0.05, 0.1) is 0 Å². The van der Waals surface area contributed by atoms with Gasteiger partial charge in [-0.15, -0.1) is 23.5 Å². The van der Waals surface area contributed by atoms with E-state index in [1.807, 2.05) is 18.2 Å². The highest BCUT2D eigenvalue weighted by atomic mass is 32.2. The molecule has 0 amide bonds. The molecule has 1 nitrogen and oxygen atoms in total. The van der Waals surface area contributed by atoms with E-state index in [1.54, 1.807) is 23.5 Å². The van der Waals surface area contributed by atoms with Crippen LogP contribution < -0.4 is 15.9 Å². The molecule has 1 aliphatic rings. The monoisotopic (exact) mass is 510 g/mol. The topological polar surface area (TPSA) is 17.1 Å².